The number of morpholine rings is 1. The molecule has 1 aliphatic carbocycles. The van der Waals surface area contributed by atoms with E-state index in [1.165, 1.54) is 5.56 Å². The summed E-state index contributed by atoms with van der Waals surface area (Å²) in [6, 6.07) is 16.0. The molecule has 1 N–H and O–H groups in total. The summed E-state index contributed by atoms with van der Waals surface area (Å²) in [5.74, 6) is 0.346. The first-order valence-corrected chi connectivity index (χ1v) is 10.0. The molecule has 0 spiro atoms. The third-order valence-electron chi connectivity index (χ3n) is 5.47. The highest BCUT2D eigenvalue weighted by Crippen LogP contribution is 2.49. The normalized spacial score (nSPS) is 22.4. The maximum atomic E-state index is 12.5. The number of rotatable bonds is 6. The van der Waals surface area contributed by atoms with Gasteiger partial charge in [-0.15, -0.1) is 0 Å². The molecule has 0 radical (unpaired) electrons. The minimum atomic E-state index is 0.0193. The Morgan fingerprint density at radius 2 is 1.85 bits per heavy atom. The molecule has 142 valence electrons. The van der Waals surface area contributed by atoms with E-state index in [0.717, 1.165) is 62.0 Å². The van der Waals surface area contributed by atoms with Gasteiger partial charge < -0.3 is 10.1 Å². The number of nitrogens with zero attached hydrogens (tertiary/aromatic N) is 1. The number of benzene rings is 2. The van der Waals surface area contributed by atoms with Gasteiger partial charge in [-0.1, -0.05) is 41.9 Å². The van der Waals surface area contributed by atoms with Gasteiger partial charge in [0.2, 0.25) is 5.91 Å². The number of hydrogen-bond donors (Lipinski definition) is 1. The fraction of sp³-hybridized carbons (Fsp3) is 0.409. The highest BCUT2D eigenvalue weighted by Gasteiger charge is 2.44. The molecule has 2 aliphatic rings. The van der Waals surface area contributed by atoms with Crippen LogP contribution in [0.25, 0.3) is 0 Å². The van der Waals surface area contributed by atoms with Crippen molar-refractivity contribution in [3.8, 4) is 0 Å². The molecule has 1 amide bonds. The van der Waals surface area contributed by atoms with E-state index in [4.69, 9.17) is 16.3 Å². The predicted octanol–water partition coefficient (Wildman–Crippen LogP) is 3.96. The van der Waals surface area contributed by atoms with Gasteiger partial charge in [0.25, 0.3) is 0 Å². The standard InChI is InChI=1S/C22H25ClN2O2/c23-21-4-2-1-3-18(21)19-15-20(19)22(26)24-17-7-5-16(6-8-17)9-10-25-11-13-27-14-12-25/h1-8,19-20H,9-15H2,(H,24,26). The second-order valence-electron chi connectivity index (χ2n) is 7.36. The first-order valence-electron chi connectivity index (χ1n) is 9.65. The molecular weight excluding hydrogens is 360 g/mol. The van der Waals surface area contributed by atoms with Gasteiger partial charge in [-0.2, -0.15) is 0 Å². The number of halogens is 1. The first-order chi connectivity index (χ1) is 13.2. The zero-order chi connectivity index (χ0) is 18.6. The van der Waals surface area contributed by atoms with Crippen molar-refractivity contribution >= 4 is 23.2 Å². The average Bonchev–Trinajstić information content (AvgIpc) is 3.49. The minimum Gasteiger partial charge on any atom is -0.379 e. The van der Waals surface area contributed by atoms with Crippen molar-refractivity contribution in [3.63, 3.8) is 0 Å². The van der Waals surface area contributed by atoms with E-state index >= 15 is 0 Å². The molecule has 1 aliphatic heterocycles. The van der Waals surface area contributed by atoms with Crippen molar-refractivity contribution in [1.29, 1.82) is 0 Å². The van der Waals surface area contributed by atoms with Gasteiger partial charge in [0.05, 0.1) is 13.2 Å². The summed E-state index contributed by atoms with van der Waals surface area (Å²) in [4.78, 5) is 14.9. The molecule has 2 aromatic rings. The summed E-state index contributed by atoms with van der Waals surface area (Å²) < 4.78 is 5.38. The van der Waals surface area contributed by atoms with E-state index in [2.05, 4.69) is 22.3 Å². The highest BCUT2D eigenvalue weighted by molar-refractivity contribution is 6.31. The van der Waals surface area contributed by atoms with E-state index in [1.54, 1.807) is 0 Å². The van der Waals surface area contributed by atoms with Gasteiger partial charge in [-0.3, -0.25) is 9.69 Å². The maximum Gasteiger partial charge on any atom is 0.228 e. The average molecular weight is 385 g/mol. The van der Waals surface area contributed by atoms with Crippen molar-refractivity contribution < 1.29 is 9.53 Å². The van der Waals surface area contributed by atoms with Crippen LogP contribution in [-0.2, 0) is 16.0 Å². The molecule has 0 aromatic heterocycles. The molecule has 4 nitrogen and oxygen atoms in total. The molecule has 27 heavy (non-hydrogen) atoms. The number of nitrogens with one attached hydrogen (secondary N) is 1. The molecule has 2 aromatic carbocycles. The number of carbonyl (C=O) groups excluding carboxylic acids is 1. The third kappa shape index (κ3) is 4.70. The smallest absolute Gasteiger partial charge is 0.228 e. The zero-order valence-electron chi connectivity index (χ0n) is 15.4. The number of anilines is 1. The van der Waals surface area contributed by atoms with E-state index in [9.17, 15) is 4.79 Å². The van der Waals surface area contributed by atoms with Crippen molar-refractivity contribution in [2.75, 3.05) is 38.2 Å². The molecule has 2 atom stereocenters. The molecule has 1 saturated heterocycles. The Balaban J connectivity index is 1.27. The van der Waals surface area contributed by atoms with Crippen molar-refractivity contribution in [2.45, 2.75) is 18.8 Å². The lowest BCUT2D eigenvalue weighted by molar-refractivity contribution is -0.117. The summed E-state index contributed by atoms with van der Waals surface area (Å²) in [6.45, 7) is 4.75. The number of hydrogen-bond acceptors (Lipinski definition) is 3. The fourth-order valence-electron chi connectivity index (χ4n) is 3.71. The predicted molar refractivity (Wildman–Crippen MR) is 108 cm³/mol. The summed E-state index contributed by atoms with van der Waals surface area (Å²) >= 11 is 6.25. The fourth-order valence-corrected chi connectivity index (χ4v) is 3.98. The van der Waals surface area contributed by atoms with Crippen LogP contribution >= 0.6 is 11.6 Å². The topological polar surface area (TPSA) is 41.6 Å². The van der Waals surface area contributed by atoms with Gasteiger partial charge in [-0.25, -0.2) is 0 Å². The molecule has 0 bridgehead atoms. The quantitative estimate of drug-likeness (QED) is 0.819. The summed E-state index contributed by atoms with van der Waals surface area (Å²) in [5, 5.41) is 3.80. The molecular formula is C22H25ClN2O2. The maximum absolute atomic E-state index is 12.5. The lowest BCUT2D eigenvalue weighted by Gasteiger charge is -2.26. The number of ether oxygens (including phenoxy) is 1. The van der Waals surface area contributed by atoms with Gasteiger partial charge in [0.15, 0.2) is 0 Å². The largest absolute Gasteiger partial charge is 0.379 e. The second-order valence-corrected chi connectivity index (χ2v) is 7.77. The number of amides is 1. The van der Waals surface area contributed by atoms with Gasteiger partial charge in [0.1, 0.15) is 0 Å². The molecule has 1 heterocycles. The monoisotopic (exact) mass is 384 g/mol. The van der Waals surface area contributed by atoms with Gasteiger partial charge in [0, 0.05) is 36.3 Å². The molecule has 1 saturated carbocycles. The summed E-state index contributed by atoms with van der Waals surface area (Å²) in [6.07, 6.45) is 1.89. The zero-order valence-corrected chi connectivity index (χ0v) is 16.1. The van der Waals surface area contributed by atoms with Crippen molar-refractivity contribution in [1.82, 2.24) is 4.90 Å². The van der Waals surface area contributed by atoms with Gasteiger partial charge >= 0.3 is 0 Å². The van der Waals surface area contributed by atoms with Crippen LogP contribution in [0.15, 0.2) is 48.5 Å². The molecule has 2 fully saturated rings. The Morgan fingerprint density at radius 3 is 2.59 bits per heavy atom. The van der Waals surface area contributed by atoms with Crippen LogP contribution in [-0.4, -0.2) is 43.7 Å². The Bertz CT molecular complexity index is 787. The summed E-state index contributed by atoms with van der Waals surface area (Å²) in [7, 11) is 0. The highest BCUT2D eigenvalue weighted by atomic mass is 35.5. The molecule has 5 heteroatoms. The lowest BCUT2D eigenvalue weighted by atomic mass is 10.1. The SMILES string of the molecule is O=C(Nc1ccc(CCN2CCOCC2)cc1)C1CC1c1ccccc1Cl. The van der Waals surface area contributed by atoms with E-state index < -0.39 is 0 Å². The number of carbonyl (C=O) groups is 1. The third-order valence-corrected chi connectivity index (χ3v) is 5.82. The van der Waals surface area contributed by atoms with Crippen LogP contribution in [0.5, 0.6) is 0 Å². The first kappa shape index (κ1) is 18.5. The van der Waals surface area contributed by atoms with Crippen LogP contribution < -0.4 is 5.32 Å². The molecule has 2 unspecified atom stereocenters. The van der Waals surface area contributed by atoms with E-state index in [0.29, 0.717) is 0 Å². The van der Waals surface area contributed by atoms with Crippen LogP contribution in [0.3, 0.4) is 0 Å². The van der Waals surface area contributed by atoms with E-state index in [-0.39, 0.29) is 17.7 Å². The Morgan fingerprint density at radius 1 is 1.11 bits per heavy atom. The van der Waals surface area contributed by atoms with Crippen LogP contribution in [0.4, 0.5) is 5.69 Å². The molecule has 4 rings (SSSR count). The van der Waals surface area contributed by atoms with Crippen LogP contribution in [0.2, 0.25) is 5.02 Å². The minimum absolute atomic E-state index is 0.0193. The Hall–Kier alpha value is -1.88. The lowest BCUT2D eigenvalue weighted by Crippen LogP contribution is -2.37. The van der Waals surface area contributed by atoms with Crippen molar-refractivity contribution in [3.05, 3.63) is 64.7 Å². The Kier molecular flexibility index (Phi) is 5.77. The van der Waals surface area contributed by atoms with Crippen LogP contribution in [0, 0.1) is 5.92 Å². The van der Waals surface area contributed by atoms with Crippen molar-refractivity contribution in [2.24, 2.45) is 5.92 Å². The Labute approximate surface area is 165 Å². The summed E-state index contributed by atoms with van der Waals surface area (Å²) in [5.41, 5.74) is 3.23. The van der Waals surface area contributed by atoms with Crippen LogP contribution in [0.1, 0.15) is 23.5 Å². The van der Waals surface area contributed by atoms with E-state index in [1.807, 2.05) is 36.4 Å². The van der Waals surface area contributed by atoms with Gasteiger partial charge in [-0.05, 0) is 48.1 Å². The second kappa shape index (κ2) is 8.42.